The van der Waals surface area contributed by atoms with E-state index in [0.717, 1.165) is 42.9 Å². The van der Waals surface area contributed by atoms with Gasteiger partial charge in [-0.25, -0.2) is 9.07 Å². The number of hydrogen-bond acceptors (Lipinski definition) is 4. The van der Waals surface area contributed by atoms with Crippen molar-refractivity contribution in [3.05, 3.63) is 77.4 Å². The van der Waals surface area contributed by atoms with Crippen molar-refractivity contribution in [2.24, 2.45) is 0 Å². The average molecular weight is 463 g/mol. The van der Waals surface area contributed by atoms with Gasteiger partial charge in [-0.3, -0.25) is 9.69 Å². The highest BCUT2D eigenvalue weighted by atomic mass is 19.4. The fourth-order valence-corrected chi connectivity index (χ4v) is 3.70. The molecule has 1 amide bonds. The summed E-state index contributed by atoms with van der Waals surface area (Å²) in [5, 5.41) is 9.62. The first-order valence-electron chi connectivity index (χ1n) is 10.6. The van der Waals surface area contributed by atoms with Gasteiger partial charge >= 0.3 is 6.18 Å². The van der Waals surface area contributed by atoms with Gasteiger partial charge in [0.05, 0.1) is 5.69 Å². The minimum atomic E-state index is -4.90. The van der Waals surface area contributed by atoms with Crippen LogP contribution in [-0.2, 0) is 12.6 Å². The van der Waals surface area contributed by atoms with Crippen LogP contribution in [0.15, 0.2) is 54.6 Å². The molecule has 0 aliphatic carbocycles. The third-order valence-corrected chi connectivity index (χ3v) is 5.37. The monoisotopic (exact) mass is 463 g/mol. The van der Waals surface area contributed by atoms with Crippen molar-refractivity contribution in [3.8, 4) is 5.69 Å². The summed E-state index contributed by atoms with van der Waals surface area (Å²) in [4.78, 5) is 14.9. The number of carbonyl (C=O) groups excluding carboxylic acids is 1. The summed E-state index contributed by atoms with van der Waals surface area (Å²) >= 11 is 0. The molecular weight excluding hydrogens is 438 g/mol. The van der Waals surface area contributed by atoms with E-state index in [-0.39, 0.29) is 18.3 Å². The second-order valence-electron chi connectivity index (χ2n) is 7.45. The summed E-state index contributed by atoms with van der Waals surface area (Å²) in [6.07, 6.45) is -4.27. The standard InChI is InChI=1S/C23H25F4N5O/c1-3-31(4-2)19(14-16-8-6-5-7-9-16)15-28-22(33)20-21(23(25,26)27)32(30-29-20)18-12-10-17(24)11-13-18/h5-13,19H,3-4,14-15H2,1-2H3,(H,28,33). The highest BCUT2D eigenvalue weighted by Crippen LogP contribution is 2.32. The lowest BCUT2D eigenvalue weighted by atomic mass is 10.0. The highest BCUT2D eigenvalue weighted by Gasteiger charge is 2.42. The van der Waals surface area contributed by atoms with Crippen molar-refractivity contribution in [2.75, 3.05) is 19.6 Å². The fraction of sp³-hybridized carbons (Fsp3) is 0.348. The van der Waals surface area contributed by atoms with Crippen LogP contribution in [0.5, 0.6) is 0 Å². The number of rotatable bonds is 9. The van der Waals surface area contributed by atoms with Gasteiger partial charge in [0.1, 0.15) is 5.82 Å². The van der Waals surface area contributed by atoms with E-state index in [1.807, 2.05) is 44.2 Å². The number of aromatic nitrogens is 3. The Kier molecular flexibility index (Phi) is 7.80. The first-order valence-corrected chi connectivity index (χ1v) is 10.6. The molecule has 2 aromatic carbocycles. The average Bonchev–Trinajstić information content (AvgIpc) is 3.25. The maximum absolute atomic E-state index is 13.8. The van der Waals surface area contributed by atoms with Crippen LogP contribution in [0.25, 0.3) is 5.69 Å². The zero-order valence-corrected chi connectivity index (χ0v) is 18.3. The van der Waals surface area contributed by atoms with E-state index in [9.17, 15) is 22.4 Å². The number of halogens is 4. The Morgan fingerprint density at radius 3 is 2.27 bits per heavy atom. The molecule has 1 unspecified atom stereocenters. The quantitative estimate of drug-likeness (QED) is 0.485. The van der Waals surface area contributed by atoms with Crippen LogP contribution in [0.3, 0.4) is 0 Å². The molecule has 0 radical (unpaired) electrons. The second-order valence-corrected chi connectivity index (χ2v) is 7.45. The topological polar surface area (TPSA) is 63.1 Å². The summed E-state index contributed by atoms with van der Waals surface area (Å²) in [5.41, 5.74) is -1.14. The molecule has 0 saturated heterocycles. The predicted octanol–water partition coefficient (Wildman–Crippen LogP) is 4.11. The SMILES string of the molecule is CCN(CC)C(CNC(=O)c1nnn(-c2ccc(F)cc2)c1C(F)(F)F)Cc1ccccc1. The number of nitrogens with one attached hydrogen (secondary N) is 1. The molecule has 33 heavy (non-hydrogen) atoms. The Balaban J connectivity index is 1.84. The smallest absolute Gasteiger partial charge is 0.349 e. The third kappa shape index (κ3) is 5.95. The lowest BCUT2D eigenvalue weighted by molar-refractivity contribution is -0.143. The number of carbonyl (C=O) groups is 1. The predicted molar refractivity (Wildman–Crippen MR) is 116 cm³/mol. The molecule has 0 spiro atoms. The first-order chi connectivity index (χ1) is 15.7. The van der Waals surface area contributed by atoms with Crippen molar-refractivity contribution in [1.29, 1.82) is 0 Å². The van der Waals surface area contributed by atoms with Gasteiger partial charge in [-0.05, 0) is 49.3 Å². The summed E-state index contributed by atoms with van der Waals surface area (Å²) in [7, 11) is 0. The van der Waals surface area contributed by atoms with E-state index in [0.29, 0.717) is 11.1 Å². The fourth-order valence-electron chi connectivity index (χ4n) is 3.70. The number of hydrogen-bond donors (Lipinski definition) is 1. The zero-order chi connectivity index (χ0) is 24.0. The van der Waals surface area contributed by atoms with Crippen molar-refractivity contribution < 1.29 is 22.4 Å². The summed E-state index contributed by atoms with van der Waals surface area (Å²) in [6, 6.07) is 13.8. The molecule has 1 atom stereocenters. The van der Waals surface area contributed by atoms with Crippen LogP contribution in [0.4, 0.5) is 17.6 Å². The van der Waals surface area contributed by atoms with Gasteiger partial charge in [-0.1, -0.05) is 49.4 Å². The molecule has 176 valence electrons. The summed E-state index contributed by atoms with van der Waals surface area (Å²) in [5.74, 6) is -1.58. The Hall–Kier alpha value is -3.27. The largest absolute Gasteiger partial charge is 0.435 e. The molecule has 1 heterocycles. The Morgan fingerprint density at radius 2 is 1.70 bits per heavy atom. The van der Waals surface area contributed by atoms with Crippen LogP contribution in [0.1, 0.15) is 35.6 Å². The molecule has 0 aliphatic heterocycles. The third-order valence-electron chi connectivity index (χ3n) is 5.37. The van der Waals surface area contributed by atoms with Gasteiger partial charge in [0.2, 0.25) is 0 Å². The highest BCUT2D eigenvalue weighted by molar-refractivity contribution is 5.93. The molecular formula is C23H25F4N5O. The van der Waals surface area contributed by atoms with Gasteiger partial charge in [0, 0.05) is 12.6 Å². The van der Waals surface area contributed by atoms with Crippen LogP contribution < -0.4 is 5.32 Å². The lowest BCUT2D eigenvalue weighted by Gasteiger charge is -2.30. The minimum Gasteiger partial charge on any atom is -0.349 e. The van der Waals surface area contributed by atoms with Crippen LogP contribution in [0.2, 0.25) is 0 Å². The number of alkyl halides is 3. The van der Waals surface area contributed by atoms with Crippen molar-refractivity contribution in [2.45, 2.75) is 32.5 Å². The van der Waals surface area contributed by atoms with Gasteiger partial charge < -0.3 is 5.32 Å². The van der Waals surface area contributed by atoms with Gasteiger partial charge in [-0.2, -0.15) is 13.2 Å². The molecule has 0 aliphatic rings. The van der Waals surface area contributed by atoms with Crippen LogP contribution in [-0.4, -0.2) is 51.5 Å². The van der Waals surface area contributed by atoms with Crippen LogP contribution in [0, 0.1) is 5.82 Å². The van der Waals surface area contributed by atoms with Gasteiger partial charge in [0.25, 0.3) is 5.91 Å². The number of nitrogens with zero attached hydrogens (tertiary/aromatic N) is 4. The maximum atomic E-state index is 13.8. The Bertz CT molecular complexity index is 1050. The van der Waals surface area contributed by atoms with Crippen molar-refractivity contribution in [1.82, 2.24) is 25.2 Å². The van der Waals surface area contributed by atoms with Crippen molar-refractivity contribution in [3.63, 3.8) is 0 Å². The number of benzene rings is 2. The van der Waals surface area contributed by atoms with Gasteiger partial charge in [0.15, 0.2) is 11.4 Å². The van der Waals surface area contributed by atoms with E-state index >= 15 is 0 Å². The minimum absolute atomic E-state index is 0.0552. The van der Waals surface area contributed by atoms with E-state index in [4.69, 9.17) is 0 Å². The van der Waals surface area contributed by atoms with Crippen LogP contribution >= 0.6 is 0 Å². The molecule has 1 aromatic heterocycles. The van der Waals surface area contributed by atoms with Gasteiger partial charge in [-0.15, -0.1) is 5.10 Å². The molecule has 3 aromatic rings. The molecule has 3 rings (SSSR count). The molecule has 0 bridgehead atoms. The van der Waals surface area contributed by atoms with Crippen molar-refractivity contribution >= 4 is 5.91 Å². The molecule has 0 saturated carbocycles. The lowest BCUT2D eigenvalue weighted by Crippen LogP contribution is -2.45. The van der Waals surface area contributed by atoms with E-state index in [2.05, 4.69) is 20.5 Å². The second kappa shape index (κ2) is 10.6. The summed E-state index contributed by atoms with van der Waals surface area (Å²) in [6.45, 7) is 5.55. The molecule has 6 nitrogen and oxygen atoms in total. The van der Waals surface area contributed by atoms with E-state index < -0.39 is 29.3 Å². The number of amides is 1. The van der Waals surface area contributed by atoms with E-state index in [1.54, 1.807) is 0 Å². The summed E-state index contributed by atoms with van der Waals surface area (Å²) < 4.78 is 55.2. The molecule has 0 fully saturated rings. The Labute approximate surface area is 189 Å². The molecule has 10 heteroatoms. The Morgan fingerprint density at radius 1 is 1.06 bits per heavy atom. The van der Waals surface area contributed by atoms with E-state index in [1.165, 1.54) is 0 Å². The normalized spacial score (nSPS) is 12.7. The molecule has 1 N–H and O–H groups in total. The first kappa shape index (κ1) is 24.4. The zero-order valence-electron chi connectivity index (χ0n) is 18.3. The number of likely N-dealkylation sites (N-methyl/N-ethyl adjacent to an activating group) is 1. The maximum Gasteiger partial charge on any atom is 0.435 e.